The molecule has 1 amide bonds. The molecule has 2 aromatic rings. The van der Waals surface area contributed by atoms with Gasteiger partial charge in [0, 0.05) is 28.7 Å². The van der Waals surface area contributed by atoms with Crippen molar-refractivity contribution in [3.63, 3.8) is 0 Å². The van der Waals surface area contributed by atoms with E-state index in [9.17, 15) is 4.79 Å². The number of amides is 1. The predicted molar refractivity (Wildman–Crippen MR) is 91.2 cm³/mol. The van der Waals surface area contributed by atoms with E-state index in [1.165, 1.54) is 5.56 Å². The number of nitrogens with one attached hydrogen (secondary N) is 2. The minimum Gasteiger partial charge on any atom is -0.368 e. The summed E-state index contributed by atoms with van der Waals surface area (Å²) in [5.41, 5.74) is 3.05. The van der Waals surface area contributed by atoms with Crippen LogP contribution < -0.4 is 10.6 Å². The smallest absolute Gasteiger partial charge is 0.251 e. The van der Waals surface area contributed by atoms with Crippen molar-refractivity contribution in [2.24, 2.45) is 4.99 Å². The van der Waals surface area contributed by atoms with Gasteiger partial charge in [-0.25, -0.2) is 0 Å². The Bertz CT molecular complexity index is 710. The molecule has 0 aliphatic carbocycles. The first-order valence-electron chi connectivity index (χ1n) is 7.14. The summed E-state index contributed by atoms with van der Waals surface area (Å²) in [6, 6.07) is 15.5. The summed E-state index contributed by atoms with van der Waals surface area (Å²) in [7, 11) is 0. The second kappa shape index (κ2) is 6.75. The number of nitrogens with zero attached hydrogens (tertiary/aromatic N) is 1. The average molecular weight is 358 g/mol. The fourth-order valence-corrected chi connectivity index (χ4v) is 2.61. The number of hydrogen-bond acceptors (Lipinski definition) is 3. The van der Waals surface area contributed by atoms with E-state index >= 15 is 0 Å². The number of carbonyl (C=O) groups excluding carboxylic acids is 1. The standard InChI is InChI=1S/C17H16BrN3O/c18-14-7-5-12(6-8-14)17(22)20-10-9-19-16-15-4-2-1-3-13(15)11-21-16/h1-8H,9-11H2,(H,19,21)(H,20,22). The fourth-order valence-electron chi connectivity index (χ4n) is 2.35. The Labute approximate surface area is 137 Å². The van der Waals surface area contributed by atoms with Crippen LogP contribution in [0.15, 0.2) is 58.0 Å². The van der Waals surface area contributed by atoms with Crippen molar-refractivity contribution >= 4 is 27.7 Å². The minimum absolute atomic E-state index is 0.0666. The molecule has 0 spiro atoms. The van der Waals surface area contributed by atoms with E-state index in [2.05, 4.69) is 43.7 Å². The number of amidine groups is 1. The van der Waals surface area contributed by atoms with E-state index in [4.69, 9.17) is 0 Å². The Morgan fingerprint density at radius 3 is 2.68 bits per heavy atom. The van der Waals surface area contributed by atoms with Crippen LogP contribution in [0.3, 0.4) is 0 Å². The Morgan fingerprint density at radius 2 is 1.86 bits per heavy atom. The molecule has 0 bridgehead atoms. The highest BCUT2D eigenvalue weighted by Gasteiger charge is 2.14. The van der Waals surface area contributed by atoms with Crippen molar-refractivity contribution in [1.29, 1.82) is 0 Å². The zero-order valence-electron chi connectivity index (χ0n) is 12.0. The minimum atomic E-state index is -0.0666. The molecule has 0 atom stereocenters. The molecular formula is C17H16BrN3O. The Kier molecular flexibility index (Phi) is 4.53. The van der Waals surface area contributed by atoms with Crippen LogP contribution in [0.5, 0.6) is 0 Å². The number of fused-ring (bicyclic) bond motifs is 1. The van der Waals surface area contributed by atoms with E-state index < -0.39 is 0 Å². The molecular weight excluding hydrogens is 342 g/mol. The van der Waals surface area contributed by atoms with Crippen LogP contribution in [-0.4, -0.2) is 24.8 Å². The lowest BCUT2D eigenvalue weighted by molar-refractivity contribution is 0.0954. The van der Waals surface area contributed by atoms with Crippen molar-refractivity contribution in [2.45, 2.75) is 6.54 Å². The normalized spacial score (nSPS) is 12.5. The number of halogens is 1. The second-order valence-corrected chi connectivity index (χ2v) is 5.93. The molecule has 22 heavy (non-hydrogen) atoms. The zero-order chi connectivity index (χ0) is 15.4. The van der Waals surface area contributed by atoms with Crippen LogP contribution in [-0.2, 0) is 6.54 Å². The molecule has 0 radical (unpaired) electrons. The maximum absolute atomic E-state index is 12.0. The van der Waals surface area contributed by atoms with Gasteiger partial charge in [-0.1, -0.05) is 40.2 Å². The molecule has 1 heterocycles. The second-order valence-electron chi connectivity index (χ2n) is 5.01. The highest BCUT2D eigenvalue weighted by atomic mass is 79.9. The lowest BCUT2D eigenvalue weighted by Crippen LogP contribution is -2.34. The van der Waals surface area contributed by atoms with Gasteiger partial charge in [-0.15, -0.1) is 0 Å². The van der Waals surface area contributed by atoms with Gasteiger partial charge in [0.15, 0.2) is 0 Å². The Balaban J connectivity index is 1.47. The number of benzene rings is 2. The monoisotopic (exact) mass is 357 g/mol. The van der Waals surface area contributed by atoms with Gasteiger partial charge >= 0.3 is 0 Å². The van der Waals surface area contributed by atoms with E-state index in [0.29, 0.717) is 18.7 Å². The third-order valence-electron chi connectivity index (χ3n) is 3.49. The highest BCUT2D eigenvalue weighted by Crippen LogP contribution is 2.16. The van der Waals surface area contributed by atoms with E-state index in [0.717, 1.165) is 22.4 Å². The third kappa shape index (κ3) is 3.36. The molecule has 5 heteroatoms. The summed E-state index contributed by atoms with van der Waals surface area (Å²) in [6.07, 6.45) is 0. The Hall–Kier alpha value is -2.14. The largest absolute Gasteiger partial charge is 0.368 e. The van der Waals surface area contributed by atoms with Crippen LogP contribution in [0.25, 0.3) is 0 Å². The number of carbonyl (C=O) groups is 1. The summed E-state index contributed by atoms with van der Waals surface area (Å²) in [5, 5.41) is 6.18. The van der Waals surface area contributed by atoms with E-state index in [1.807, 2.05) is 24.3 Å². The van der Waals surface area contributed by atoms with Crippen LogP contribution in [0.2, 0.25) is 0 Å². The maximum atomic E-state index is 12.0. The quantitative estimate of drug-likeness (QED) is 0.826. The van der Waals surface area contributed by atoms with E-state index in [1.54, 1.807) is 12.1 Å². The molecule has 2 aromatic carbocycles. The van der Waals surface area contributed by atoms with Gasteiger partial charge in [0.25, 0.3) is 5.91 Å². The van der Waals surface area contributed by atoms with Gasteiger partial charge in [0.05, 0.1) is 6.54 Å². The number of aliphatic imine (C=N–C) groups is 1. The molecule has 112 valence electrons. The summed E-state index contributed by atoms with van der Waals surface area (Å²) in [4.78, 5) is 16.4. The van der Waals surface area contributed by atoms with Gasteiger partial charge in [0.2, 0.25) is 0 Å². The fraction of sp³-hybridized carbons (Fsp3) is 0.176. The van der Waals surface area contributed by atoms with Gasteiger partial charge in [-0.05, 0) is 29.8 Å². The summed E-state index contributed by atoms with van der Waals surface area (Å²) < 4.78 is 0.962. The van der Waals surface area contributed by atoms with E-state index in [-0.39, 0.29) is 5.91 Å². The van der Waals surface area contributed by atoms with Gasteiger partial charge < -0.3 is 10.6 Å². The molecule has 0 fully saturated rings. The first-order valence-corrected chi connectivity index (χ1v) is 7.94. The molecule has 0 unspecified atom stereocenters. The topological polar surface area (TPSA) is 53.5 Å². The van der Waals surface area contributed by atoms with Gasteiger partial charge in [-0.2, -0.15) is 0 Å². The van der Waals surface area contributed by atoms with Crippen molar-refractivity contribution in [2.75, 3.05) is 13.1 Å². The molecule has 0 aromatic heterocycles. The molecule has 1 aliphatic heterocycles. The van der Waals surface area contributed by atoms with Crippen LogP contribution in [0.4, 0.5) is 0 Å². The van der Waals surface area contributed by atoms with Crippen LogP contribution in [0.1, 0.15) is 21.5 Å². The maximum Gasteiger partial charge on any atom is 0.251 e. The van der Waals surface area contributed by atoms with Crippen molar-refractivity contribution in [3.8, 4) is 0 Å². The van der Waals surface area contributed by atoms with Gasteiger partial charge in [-0.3, -0.25) is 9.79 Å². The summed E-state index contributed by atoms with van der Waals surface area (Å²) in [5.74, 6) is 0.844. The molecule has 3 rings (SSSR count). The molecule has 0 saturated heterocycles. The SMILES string of the molecule is O=C(NCCNC1=NCc2ccccc21)c1ccc(Br)cc1. The molecule has 2 N–H and O–H groups in total. The lowest BCUT2D eigenvalue weighted by Gasteiger charge is -2.09. The van der Waals surface area contributed by atoms with Crippen LogP contribution in [0, 0.1) is 0 Å². The van der Waals surface area contributed by atoms with Crippen molar-refractivity contribution in [3.05, 3.63) is 69.7 Å². The summed E-state index contributed by atoms with van der Waals surface area (Å²) >= 11 is 3.35. The third-order valence-corrected chi connectivity index (χ3v) is 4.02. The Morgan fingerprint density at radius 1 is 1.09 bits per heavy atom. The molecule has 0 saturated carbocycles. The number of hydrogen-bond donors (Lipinski definition) is 2. The lowest BCUT2D eigenvalue weighted by atomic mass is 10.1. The number of rotatable bonds is 4. The molecule has 4 nitrogen and oxygen atoms in total. The van der Waals surface area contributed by atoms with Crippen molar-refractivity contribution in [1.82, 2.24) is 10.6 Å². The first-order chi connectivity index (χ1) is 10.7. The average Bonchev–Trinajstić information content (AvgIpc) is 2.95. The summed E-state index contributed by atoms with van der Waals surface area (Å²) in [6.45, 7) is 1.93. The first kappa shape index (κ1) is 14.8. The van der Waals surface area contributed by atoms with Gasteiger partial charge in [0.1, 0.15) is 5.84 Å². The highest BCUT2D eigenvalue weighted by molar-refractivity contribution is 9.10. The van der Waals surface area contributed by atoms with Crippen LogP contribution >= 0.6 is 15.9 Å². The zero-order valence-corrected chi connectivity index (χ0v) is 13.6. The molecule has 1 aliphatic rings. The van der Waals surface area contributed by atoms with Crippen molar-refractivity contribution < 1.29 is 4.79 Å². The predicted octanol–water partition coefficient (Wildman–Crippen LogP) is 2.73.